The van der Waals surface area contributed by atoms with Crippen LogP contribution in [0.15, 0.2) is 29.2 Å². The molecule has 2 aromatic rings. The molecule has 6 heteroatoms. The molecule has 0 unspecified atom stereocenters. The van der Waals surface area contributed by atoms with E-state index in [0.29, 0.717) is 0 Å². The highest BCUT2D eigenvalue weighted by molar-refractivity contribution is 7.98. The van der Waals surface area contributed by atoms with Crippen molar-refractivity contribution in [3.8, 4) is 0 Å². The molecule has 0 radical (unpaired) electrons. The second-order valence-electron chi connectivity index (χ2n) is 4.63. The minimum Gasteiger partial charge on any atom is -0.352 e. The molecule has 0 spiro atoms. The zero-order valence-corrected chi connectivity index (χ0v) is 14.2. The minimum atomic E-state index is -0.321. The molecule has 0 amide bonds. The smallest absolute Gasteiger partial charge is 0.183 e. The Morgan fingerprint density at radius 3 is 2.33 bits per heavy atom. The second kappa shape index (κ2) is 7.31. The Bertz CT molecular complexity index is 594. The van der Waals surface area contributed by atoms with Crippen molar-refractivity contribution < 1.29 is 9.47 Å². The molecular formula is C15H19ClN2O2S. The highest BCUT2D eigenvalue weighted by Crippen LogP contribution is 2.29. The highest BCUT2D eigenvalue weighted by Gasteiger charge is 2.12. The van der Waals surface area contributed by atoms with E-state index in [1.165, 1.54) is 4.90 Å². The van der Waals surface area contributed by atoms with Gasteiger partial charge in [0.15, 0.2) is 6.29 Å². The molecule has 0 aliphatic rings. The molecular weight excluding hydrogens is 308 g/mol. The number of rotatable bonds is 6. The van der Waals surface area contributed by atoms with Crippen LogP contribution in [-0.4, -0.2) is 24.0 Å². The van der Waals surface area contributed by atoms with Crippen LogP contribution in [0.1, 0.15) is 23.2 Å². The number of aryl methyl sites for hydroxylation is 2. The number of hydrogen-bond acceptors (Lipinski definition) is 4. The summed E-state index contributed by atoms with van der Waals surface area (Å²) in [6.07, 6.45) is -0.321. The number of halogens is 1. The zero-order valence-electron chi connectivity index (χ0n) is 12.6. The van der Waals surface area contributed by atoms with E-state index < -0.39 is 0 Å². The van der Waals surface area contributed by atoms with E-state index in [1.54, 1.807) is 26.0 Å². The largest absolute Gasteiger partial charge is 0.352 e. The molecule has 1 aromatic carbocycles. The molecule has 4 nitrogen and oxygen atoms in total. The van der Waals surface area contributed by atoms with Gasteiger partial charge in [-0.1, -0.05) is 23.7 Å². The fraction of sp³-hybridized carbons (Fsp3) is 0.400. The number of ether oxygens (including phenoxy) is 2. The Kier molecular flexibility index (Phi) is 5.70. The quantitative estimate of drug-likeness (QED) is 0.594. The molecule has 0 aliphatic carbocycles. The summed E-state index contributed by atoms with van der Waals surface area (Å²) in [5.74, 6) is 0.785. The number of hydrogen-bond donors (Lipinski definition) is 0. The Hall–Kier alpha value is -1.01. The molecule has 21 heavy (non-hydrogen) atoms. The van der Waals surface area contributed by atoms with Crippen LogP contribution in [0.5, 0.6) is 0 Å². The van der Waals surface area contributed by atoms with Crippen molar-refractivity contribution in [2.24, 2.45) is 7.05 Å². The van der Waals surface area contributed by atoms with Crippen LogP contribution in [0.25, 0.3) is 0 Å². The van der Waals surface area contributed by atoms with Crippen molar-refractivity contribution in [2.45, 2.75) is 23.9 Å². The van der Waals surface area contributed by atoms with Crippen LogP contribution in [0, 0.1) is 6.92 Å². The van der Waals surface area contributed by atoms with Crippen LogP contribution < -0.4 is 0 Å². The highest BCUT2D eigenvalue weighted by atomic mass is 35.5. The van der Waals surface area contributed by atoms with Crippen molar-refractivity contribution in [2.75, 3.05) is 14.2 Å². The first-order valence-corrected chi connectivity index (χ1v) is 7.89. The Morgan fingerprint density at radius 1 is 1.24 bits per heavy atom. The van der Waals surface area contributed by atoms with Crippen LogP contribution in [0.2, 0.25) is 5.02 Å². The molecule has 1 aromatic heterocycles. The number of aromatic nitrogens is 2. The summed E-state index contributed by atoms with van der Waals surface area (Å²) in [6, 6.07) is 8.14. The number of nitrogens with zero attached hydrogens (tertiary/aromatic N) is 2. The standard InChI is InChI=1S/C15H19ClN2O2S/c1-10-14(16)13(18(2)17-10)9-21-12-7-5-11(6-8-12)15(19-3)20-4/h5-8,15H,9H2,1-4H3. The zero-order chi connectivity index (χ0) is 15.4. The third kappa shape index (κ3) is 3.80. The van der Waals surface area contributed by atoms with Gasteiger partial charge in [-0.25, -0.2) is 0 Å². The van der Waals surface area contributed by atoms with Crippen molar-refractivity contribution in [1.82, 2.24) is 9.78 Å². The lowest BCUT2D eigenvalue weighted by Crippen LogP contribution is -2.03. The fourth-order valence-electron chi connectivity index (χ4n) is 2.08. The molecule has 0 saturated heterocycles. The normalized spacial score (nSPS) is 11.3. The van der Waals surface area contributed by atoms with Gasteiger partial charge in [0.05, 0.1) is 16.4 Å². The monoisotopic (exact) mass is 326 g/mol. The Labute approximate surface area is 134 Å². The van der Waals surface area contributed by atoms with Gasteiger partial charge in [-0.05, 0) is 19.1 Å². The van der Waals surface area contributed by atoms with Gasteiger partial charge in [0.2, 0.25) is 0 Å². The summed E-state index contributed by atoms with van der Waals surface area (Å²) < 4.78 is 12.3. The second-order valence-corrected chi connectivity index (χ2v) is 6.06. The summed E-state index contributed by atoms with van der Waals surface area (Å²) in [6.45, 7) is 1.92. The molecule has 0 bridgehead atoms. The van der Waals surface area contributed by atoms with Crippen LogP contribution in [0.4, 0.5) is 0 Å². The average Bonchev–Trinajstić information content (AvgIpc) is 2.73. The van der Waals surface area contributed by atoms with Gasteiger partial charge in [0.1, 0.15) is 0 Å². The van der Waals surface area contributed by atoms with E-state index in [9.17, 15) is 0 Å². The summed E-state index contributed by atoms with van der Waals surface area (Å²) in [7, 11) is 5.17. The molecule has 0 fully saturated rings. The third-order valence-electron chi connectivity index (χ3n) is 3.22. The fourth-order valence-corrected chi connectivity index (χ4v) is 3.35. The lowest BCUT2D eigenvalue weighted by Gasteiger charge is -2.13. The van der Waals surface area contributed by atoms with Gasteiger partial charge in [-0.2, -0.15) is 5.10 Å². The maximum Gasteiger partial charge on any atom is 0.183 e. The Morgan fingerprint density at radius 2 is 1.86 bits per heavy atom. The first-order valence-electron chi connectivity index (χ1n) is 6.53. The van der Waals surface area contributed by atoms with Gasteiger partial charge in [-0.15, -0.1) is 11.8 Å². The molecule has 2 rings (SSSR count). The maximum absolute atomic E-state index is 6.25. The summed E-state index contributed by atoms with van der Waals surface area (Å²) >= 11 is 7.98. The molecule has 0 atom stereocenters. The van der Waals surface area contributed by atoms with Crippen molar-refractivity contribution >= 4 is 23.4 Å². The van der Waals surface area contributed by atoms with Gasteiger partial charge >= 0.3 is 0 Å². The predicted octanol–water partition coefficient (Wildman–Crippen LogP) is 3.97. The van der Waals surface area contributed by atoms with Crippen molar-refractivity contribution in [3.63, 3.8) is 0 Å². The van der Waals surface area contributed by atoms with Crippen LogP contribution in [0.3, 0.4) is 0 Å². The topological polar surface area (TPSA) is 36.3 Å². The lowest BCUT2D eigenvalue weighted by molar-refractivity contribution is -0.106. The minimum absolute atomic E-state index is 0.321. The molecule has 1 heterocycles. The van der Waals surface area contributed by atoms with Crippen LogP contribution in [-0.2, 0) is 22.3 Å². The summed E-state index contributed by atoms with van der Waals surface area (Å²) in [5.41, 5.74) is 2.90. The predicted molar refractivity (Wildman–Crippen MR) is 85.7 cm³/mol. The van der Waals surface area contributed by atoms with Crippen molar-refractivity contribution in [3.05, 3.63) is 46.2 Å². The van der Waals surface area contributed by atoms with Gasteiger partial charge in [0.25, 0.3) is 0 Å². The van der Waals surface area contributed by atoms with E-state index in [-0.39, 0.29) is 6.29 Å². The summed E-state index contributed by atoms with van der Waals surface area (Å²) in [5, 5.41) is 5.07. The van der Waals surface area contributed by atoms with Gasteiger partial charge in [-0.3, -0.25) is 4.68 Å². The molecule has 0 aliphatic heterocycles. The van der Waals surface area contributed by atoms with Crippen molar-refractivity contribution in [1.29, 1.82) is 0 Å². The summed E-state index contributed by atoms with van der Waals surface area (Å²) in [4.78, 5) is 1.17. The van der Waals surface area contributed by atoms with E-state index in [1.807, 2.05) is 30.8 Å². The van der Waals surface area contributed by atoms with E-state index in [4.69, 9.17) is 21.1 Å². The van der Waals surface area contributed by atoms with Gasteiger partial charge in [0, 0.05) is 37.5 Å². The van der Waals surface area contributed by atoms with E-state index in [2.05, 4.69) is 17.2 Å². The maximum atomic E-state index is 6.25. The average molecular weight is 327 g/mol. The third-order valence-corrected chi connectivity index (χ3v) is 4.73. The van der Waals surface area contributed by atoms with Crippen LogP contribution >= 0.6 is 23.4 Å². The molecule has 0 saturated carbocycles. The Balaban J connectivity index is 2.04. The SMILES string of the molecule is COC(OC)c1ccc(SCc2c(Cl)c(C)nn2C)cc1. The number of thioether (sulfide) groups is 1. The first kappa shape index (κ1) is 16.4. The van der Waals surface area contributed by atoms with E-state index >= 15 is 0 Å². The molecule has 114 valence electrons. The van der Waals surface area contributed by atoms with E-state index in [0.717, 1.165) is 27.7 Å². The molecule has 0 N–H and O–H groups in total. The number of methoxy groups -OCH3 is 2. The van der Waals surface area contributed by atoms with Gasteiger partial charge < -0.3 is 9.47 Å². The first-order chi connectivity index (χ1) is 10.1. The number of benzene rings is 1. The lowest BCUT2D eigenvalue weighted by atomic mass is 10.2.